The molecule has 1 saturated heterocycles. The van der Waals surface area contributed by atoms with Gasteiger partial charge in [-0.15, -0.1) is 0 Å². The Balaban J connectivity index is 1.20. The third-order valence-electron chi connectivity index (χ3n) is 6.39. The highest BCUT2D eigenvalue weighted by Gasteiger charge is 2.44. The first-order chi connectivity index (χ1) is 17.4. The summed E-state index contributed by atoms with van der Waals surface area (Å²) in [7, 11) is 0. The van der Waals surface area contributed by atoms with Crippen LogP contribution in [0.25, 0.3) is 11.2 Å². The number of aliphatic hydroxyl groups excluding tert-OH is 2. The minimum atomic E-state index is -1.18. The molecule has 3 heterocycles. The van der Waals surface area contributed by atoms with Gasteiger partial charge in [-0.2, -0.15) is 0 Å². The number of carbonyl (C=O) groups excluding carboxylic acids is 1. The average Bonchev–Trinajstić information content (AvgIpc) is 3.41. The first kappa shape index (κ1) is 25.8. The quantitative estimate of drug-likeness (QED) is 0.226. The lowest BCUT2D eigenvalue weighted by Crippen LogP contribution is -2.41. The van der Waals surface area contributed by atoms with Crippen molar-refractivity contribution in [3.05, 3.63) is 42.5 Å². The van der Waals surface area contributed by atoms with Crippen LogP contribution in [-0.4, -0.2) is 73.7 Å². The molecule has 1 aromatic carbocycles. The molecule has 0 saturated carbocycles. The van der Waals surface area contributed by atoms with E-state index in [2.05, 4.69) is 44.7 Å². The van der Waals surface area contributed by atoms with E-state index in [0.717, 1.165) is 18.5 Å². The van der Waals surface area contributed by atoms with Crippen LogP contribution in [-0.2, 0) is 4.74 Å². The van der Waals surface area contributed by atoms with Gasteiger partial charge < -0.3 is 36.6 Å². The molecule has 0 spiro atoms. The molecular formula is C24H34N8O4. The molecule has 5 atom stereocenters. The number of ether oxygens (including phenoxy) is 1. The van der Waals surface area contributed by atoms with Crippen LogP contribution in [0.1, 0.15) is 44.4 Å². The number of rotatable bonds is 10. The Bertz CT molecular complexity index is 1150. The Morgan fingerprint density at radius 2 is 1.94 bits per heavy atom. The zero-order chi connectivity index (χ0) is 25.7. The van der Waals surface area contributed by atoms with Crippen molar-refractivity contribution < 1.29 is 19.7 Å². The number of carbonyl (C=O) groups is 1. The van der Waals surface area contributed by atoms with Gasteiger partial charge in [0.2, 0.25) is 0 Å². The number of nitrogens with two attached hydrogens (primary N) is 1. The monoisotopic (exact) mass is 498 g/mol. The summed E-state index contributed by atoms with van der Waals surface area (Å²) >= 11 is 0. The van der Waals surface area contributed by atoms with Crippen molar-refractivity contribution >= 4 is 28.7 Å². The van der Waals surface area contributed by atoms with Crippen molar-refractivity contribution in [2.24, 2.45) is 0 Å². The molecule has 0 aliphatic carbocycles. The third kappa shape index (κ3) is 5.73. The summed E-state index contributed by atoms with van der Waals surface area (Å²) in [6.07, 6.45) is 1.21. The Kier molecular flexibility index (Phi) is 8.31. The number of hydrogen-bond acceptors (Lipinski definition) is 9. The molecule has 0 radical (unpaired) electrons. The van der Waals surface area contributed by atoms with Gasteiger partial charge in [-0.25, -0.2) is 19.7 Å². The second-order valence-corrected chi connectivity index (χ2v) is 9.03. The van der Waals surface area contributed by atoms with Gasteiger partial charge in [-0.3, -0.25) is 4.57 Å². The normalized spacial score (nSPS) is 22.6. The van der Waals surface area contributed by atoms with Crippen molar-refractivity contribution in [3.8, 4) is 0 Å². The zero-order valence-corrected chi connectivity index (χ0v) is 20.5. The molecule has 7 N–H and O–H groups in total. The zero-order valence-electron chi connectivity index (χ0n) is 20.5. The summed E-state index contributed by atoms with van der Waals surface area (Å²) in [6.45, 7) is 5.47. The molecule has 12 nitrogen and oxygen atoms in total. The molecule has 1 aliphatic heterocycles. The summed E-state index contributed by atoms with van der Waals surface area (Å²) in [5, 5.41) is 29.7. The molecular weight excluding hydrogens is 464 g/mol. The lowest BCUT2D eigenvalue weighted by Gasteiger charge is -2.16. The van der Waals surface area contributed by atoms with Gasteiger partial charge in [0, 0.05) is 25.3 Å². The topological polar surface area (TPSA) is 172 Å². The number of nitrogen functional groups attached to an aromatic ring is 1. The second-order valence-electron chi connectivity index (χ2n) is 9.03. The highest BCUT2D eigenvalue weighted by molar-refractivity contribution is 5.89. The summed E-state index contributed by atoms with van der Waals surface area (Å²) in [4.78, 5) is 24.4. The van der Waals surface area contributed by atoms with Gasteiger partial charge in [-0.05, 0) is 30.0 Å². The molecule has 36 heavy (non-hydrogen) atoms. The number of imidazole rings is 1. The van der Waals surface area contributed by atoms with Gasteiger partial charge in [-0.1, -0.05) is 32.4 Å². The maximum atomic E-state index is 12.2. The molecule has 1 unspecified atom stereocenters. The van der Waals surface area contributed by atoms with E-state index in [1.165, 1.54) is 22.8 Å². The smallest absolute Gasteiger partial charge is 0.319 e. The number of urea groups is 1. The van der Waals surface area contributed by atoms with Gasteiger partial charge in [0.1, 0.15) is 30.2 Å². The first-order valence-electron chi connectivity index (χ1n) is 12.2. The number of fused-ring (bicyclic) bond motifs is 1. The Morgan fingerprint density at radius 3 is 2.69 bits per heavy atom. The van der Waals surface area contributed by atoms with Gasteiger partial charge in [0.05, 0.1) is 6.33 Å². The van der Waals surface area contributed by atoms with Crippen LogP contribution in [0.5, 0.6) is 0 Å². The van der Waals surface area contributed by atoms with Crippen molar-refractivity contribution in [2.45, 2.75) is 57.1 Å². The van der Waals surface area contributed by atoms with Crippen LogP contribution in [0.4, 0.5) is 16.3 Å². The Morgan fingerprint density at radius 1 is 1.17 bits per heavy atom. The second kappa shape index (κ2) is 11.6. The fourth-order valence-electron chi connectivity index (χ4n) is 4.36. The van der Waals surface area contributed by atoms with E-state index in [4.69, 9.17) is 10.5 Å². The van der Waals surface area contributed by atoms with Gasteiger partial charge in [0.15, 0.2) is 17.7 Å². The molecule has 2 aromatic heterocycles. The van der Waals surface area contributed by atoms with Gasteiger partial charge >= 0.3 is 6.03 Å². The number of aliphatic hydroxyl groups is 2. The van der Waals surface area contributed by atoms with Crippen molar-refractivity contribution in [2.75, 3.05) is 30.7 Å². The van der Waals surface area contributed by atoms with E-state index < -0.39 is 24.5 Å². The van der Waals surface area contributed by atoms with Crippen LogP contribution in [0.2, 0.25) is 0 Å². The SMILES string of the molecule is CCCC(C)c1ccc(NC(=O)NCCNC[C@H]2O[C@@H](n3cnc4c(N)ncnc43)[C@H](O)[C@@H]2O)cc1. The van der Waals surface area contributed by atoms with E-state index in [0.29, 0.717) is 30.2 Å². The van der Waals surface area contributed by atoms with Crippen molar-refractivity contribution in [3.63, 3.8) is 0 Å². The van der Waals surface area contributed by atoms with Crippen LogP contribution in [0.15, 0.2) is 36.9 Å². The third-order valence-corrected chi connectivity index (χ3v) is 6.39. The lowest BCUT2D eigenvalue weighted by molar-refractivity contribution is -0.0340. The summed E-state index contributed by atoms with van der Waals surface area (Å²) < 4.78 is 7.42. The van der Waals surface area contributed by atoms with E-state index >= 15 is 0 Å². The molecule has 1 aliphatic rings. The minimum absolute atomic E-state index is 0.222. The van der Waals surface area contributed by atoms with Crippen LogP contribution < -0.4 is 21.7 Å². The molecule has 4 rings (SSSR count). The maximum absolute atomic E-state index is 12.2. The predicted molar refractivity (Wildman–Crippen MR) is 135 cm³/mol. The maximum Gasteiger partial charge on any atom is 0.319 e. The fraction of sp³-hybridized carbons (Fsp3) is 0.500. The number of hydrogen-bond donors (Lipinski definition) is 6. The molecule has 3 aromatic rings. The molecule has 2 amide bonds. The molecule has 194 valence electrons. The van der Waals surface area contributed by atoms with E-state index in [1.54, 1.807) is 0 Å². The van der Waals surface area contributed by atoms with Crippen molar-refractivity contribution in [1.29, 1.82) is 0 Å². The van der Waals surface area contributed by atoms with Crippen LogP contribution in [0, 0.1) is 0 Å². The lowest BCUT2D eigenvalue weighted by atomic mass is 9.96. The average molecular weight is 499 g/mol. The first-order valence-corrected chi connectivity index (χ1v) is 12.2. The number of aromatic nitrogens is 4. The van der Waals surface area contributed by atoms with E-state index in [1.807, 2.05) is 24.3 Å². The van der Waals surface area contributed by atoms with E-state index in [9.17, 15) is 15.0 Å². The predicted octanol–water partition coefficient (Wildman–Crippen LogP) is 1.34. The highest BCUT2D eigenvalue weighted by Crippen LogP contribution is 2.31. The highest BCUT2D eigenvalue weighted by atomic mass is 16.6. The number of amides is 2. The van der Waals surface area contributed by atoms with Crippen molar-refractivity contribution in [1.82, 2.24) is 30.2 Å². The number of nitrogens with one attached hydrogen (secondary N) is 3. The van der Waals surface area contributed by atoms with Gasteiger partial charge in [0.25, 0.3) is 0 Å². The molecule has 12 heteroatoms. The number of nitrogens with zero attached hydrogens (tertiary/aromatic N) is 4. The minimum Gasteiger partial charge on any atom is -0.387 e. The number of anilines is 2. The fourth-order valence-corrected chi connectivity index (χ4v) is 4.36. The van der Waals surface area contributed by atoms with Crippen LogP contribution in [0.3, 0.4) is 0 Å². The Hall–Kier alpha value is -3.32. The standard InChI is InChI=1S/C24H34N8O4/c1-3-4-14(2)15-5-7-16(8-6-15)31-24(35)27-10-9-26-11-17-19(33)20(34)23(36-17)32-13-30-18-21(25)28-12-29-22(18)32/h5-8,12-14,17,19-20,23,26,33-34H,3-4,9-11H2,1-2H3,(H2,25,28,29)(H2,27,31,35)/t14?,17-,19-,20-,23-/m1/s1. The summed E-state index contributed by atoms with van der Waals surface area (Å²) in [5.41, 5.74) is 8.62. The summed E-state index contributed by atoms with van der Waals surface area (Å²) in [5.74, 6) is 0.717. The van der Waals surface area contributed by atoms with Crippen LogP contribution >= 0.6 is 0 Å². The number of benzene rings is 1. The molecule has 0 bridgehead atoms. The van der Waals surface area contributed by atoms with E-state index in [-0.39, 0.29) is 18.4 Å². The summed E-state index contributed by atoms with van der Waals surface area (Å²) in [6, 6.07) is 7.60. The largest absolute Gasteiger partial charge is 0.387 e. The molecule has 1 fully saturated rings. The Labute approximate surface area is 209 Å².